The Bertz CT molecular complexity index is 570. The van der Waals surface area contributed by atoms with Crippen LogP contribution in [0.5, 0.6) is 0 Å². The number of piperidine rings is 1. The fourth-order valence-corrected chi connectivity index (χ4v) is 3.38. The van der Waals surface area contributed by atoms with Crippen LogP contribution in [-0.4, -0.2) is 91.6 Å². The van der Waals surface area contributed by atoms with Gasteiger partial charge in [0.15, 0.2) is 12.2 Å². The van der Waals surface area contributed by atoms with Gasteiger partial charge in [0.05, 0.1) is 0 Å². The van der Waals surface area contributed by atoms with Crippen molar-refractivity contribution >= 4 is 11.9 Å². The number of likely N-dealkylation sites (tertiary alicyclic amines) is 1. The molecular weight excluding hydrogens is 388 g/mol. The molecule has 1 aromatic carbocycles. The predicted octanol–water partition coefficient (Wildman–Crippen LogP) is -2.73. The molecule has 11 nitrogen and oxygen atoms in total. The third-order valence-electron chi connectivity index (χ3n) is 4.73. The fourth-order valence-electron chi connectivity index (χ4n) is 3.38. The van der Waals surface area contributed by atoms with E-state index >= 15 is 0 Å². The first-order valence-corrected chi connectivity index (χ1v) is 8.70. The summed E-state index contributed by atoms with van der Waals surface area (Å²) in [6.45, 7) is 4.86. The van der Waals surface area contributed by atoms with Crippen molar-refractivity contribution in [3.63, 3.8) is 0 Å². The number of nitrogens with one attached hydrogen (secondary N) is 1. The topological polar surface area (TPSA) is 225 Å². The maximum atomic E-state index is 9.77. The minimum absolute atomic E-state index is 0. The van der Waals surface area contributed by atoms with Gasteiger partial charge in [-0.05, 0) is 30.9 Å². The lowest BCUT2D eigenvalue weighted by Crippen LogP contribution is -2.40. The van der Waals surface area contributed by atoms with Crippen LogP contribution in [0.25, 0.3) is 0 Å². The molecule has 1 aromatic rings. The summed E-state index contributed by atoms with van der Waals surface area (Å²) in [4.78, 5) is 22.1. The number of aliphatic hydroxyl groups is 2. The summed E-state index contributed by atoms with van der Waals surface area (Å²) in [5.41, 5.74) is 1.45. The van der Waals surface area contributed by atoms with E-state index in [1.165, 1.54) is 38.0 Å². The predicted molar refractivity (Wildman–Crippen MR) is 104 cm³/mol. The van der Waals surface area contributed by atoms with Gasteiger partial charge in [-0.3, -0.25) is 4.90 Å². The molecule has 0 saturated carbocycles. The first-order valence-electron chi connectivity index (χ1n) is 8.70. The molecular formula is C18H32N2O9. The Morgan fingerprint density at radius 3 is 2.03 bits per heavy atom. The van der Waals surface area contributed by atoms with E-state index in [4.69, 9.17) is 20.4 Å². The van der Waals surface area contributed by atoms with Gasteiger partial charge in [0, 0.05) is 25.7 Å². The van der Waals surface area contributed by atoms with Crippen LogP contribution in [0.15, 0.2) is 30.3 Å². The van der Waals surface area contributed by atoms with Gasteiger partial charge in [-0.15, -0.1) is 0 Å². The van der Waals surface area contributed by atoms with E-state index < -0.39 is 24.1 Å². The van der Waals surface area contributed by atoms with Gasteiger partial charge in [-0.1, -0.05) is 30.3 Å². The van der Waals surface area contributed by atoms with Crippen molar-refractivity contribution in [3.8, 4) is 0 Å². The molecule has 2 unspecified atom stereocenters. The zero-order valence-electron chi connectivity index (χ0n) is 16.0. The number of carbonyl (C=O) groups is 2. The molecule has 2 aliphatic rings. The maximum absolute atomic E-state index is 9.77. The molecule has 3 rings (SSSR count). The lowest BCUT2D eigenvalue weighted by atomic mass is 9.94. The van der Waals surface area contributed by atoms with E-state index in [0.717, 1.165) is 18.5 Å². The van der Waals surface area contributed by atoms with Crippen molar-refractivity contribution in [2.75, 3.05) is 19.6 Å². The third kappa shape index (κ3) is 8.83. The Morgan fingerprint density at radius 2 is 1.55 bits per heavy atom. The molecule has 11 heteroatoms. The summed E-state index contributed by atoms with van der Waals surface area (Å²) >= 11 is 0. The van der Waals surface area contributed by atoms with Crippen molar-refractivity contribution < 1.29 is 46.4 Å². The first kappa shape index (κ1) is 29.1. The molecule has 0 radical (unpaired) electrons. The zero-order valence-corrected chi connectivity index (χ0v) is 16.0. The number of benzene rings is 1. The van der Waals surface area contributed by atoms with Gasteiger partial charge in [0.1, 0.15) is 0 Å². The van der Waals surface area contributed by atoms with Gasteiger partial charge in [0.2, 0.25) is 0 Å². The summed E-state index contributed by atoms with van der Waals surface area (Å²) in [6, 6.07) is 11.6. The molecule has 0 spiro atoms. The van der Waals surface area contributed by atoms with Crippen LogP contribution in [0.3, 0.4) is 0 Å². The van der Waals surface area contributed by atoms with E-state index in [1.807, 2.05) is 0 Å². The van der Waals surface area contributed by atoms with Gasteiger partial charge < -0.3 is 42.2 Å². The molecule has 2 aliphatic heterocycles. The minimum atomic E-state index is -2.27. The second-order valence-corrected chi connectivity index (χ2v) is 6.71. The maximum Gasteiger partial charge on any atom is 0.335 e. The Labute approximate surface area is 168 Å². The standard InChI is InChI=1S/C14H20N2.C4H6O6.3H2O/c1-2-5-12(6-3-1)9-16-10-13-7-4-8-15-14(13)11-16;5-1(3(7)8)2(6)4(9)10;;;/h1-3,5-6,13-15H,4,7-11H2;1-2,5-6H,(H,7,8)(H,9,10);3*1H2/t13-,14+;;;;/m0..../s1. The summed E-state index contributed by atoms with van der Waals surface area (Å²) in [5.74, 6) is -2.64. The Hall–Kier alpha value is -2.12. The number of aliphatic hydroxyl groups excluding tert-OH is 2. The highest BCUT2D eigenvalue weighted by atomic mass is 16.4. The Balaban J connectivity index is 0. The molecule has 168 valence electrons. The Morgan fingerprint density at radius 1 is 1.00 bits per heavy atom. The number of fused-ring (bicyclic) bond motifs is 1. The Kier molecular flexibility index (Phi) is 14.0. The lowest BCUT2D eigenvalue weighted by Gasteiger charge is -2.24. The highest BCUT2D eigenvalue weighted by Crippen LogP contribution is 2.25. The van der Waals surface area contributed by atoms with Crippen LogP contribution in [0.2, 0.25) is 0 Å². The van der Waals surface area contributed by atoms with Gasteiger partial charge in [0.25, 0.3) is 0 Å². The molecule has 29 heavy (non-hydrogen) atoms. The van der Waals surface area contributed by atoms with E-state index in [0.29, 0.717) is 0 Å². The van der Waals surface area contributed by atoms with Crippen molar-refractivity contribution in [1.29, 1.82) is 0 Å². The van der Waals surface area contributed by atoms with Gasteiger partial charge >= 0.3 is 11.9 Å². The second kappa shape index (κ2) is 14.0. The normalized spacial score (nSPS) is 22.1. The molecule has 0 aliphatic carbocycles. The van der Waals surface area contributed by atoms with Crippen LogP contribution in [0, 0.1) is 5.92 Å². The summed E-state index contributed by atoms with van der Waals surface area (Å²) in [7, 11) is 0. The highest BCUT2D eigenvalue weighted by molar-refractivity contribution is 5.83. The van der Waals surface area contributed by atoms with E-state index in [2.05, 4.69) is 40.5 Å². The number of carboxylic acid groups (broad SMARTS) is 2. The van der Waals surface area contributed by atoms with Crippen molar-refractivity contribution in [2.45, 2.75) is 37.6 Å². The van der Waals surface area contributed by atoms with Crippen molar-refractivity contribution in [3.05, 3.63) is 35.9 Å². The molecule has 2 heterocycles. The van der Waals surface area contributed by atoms with Crippen molar-refractivity contribution in [2.24, 2.45) is 5.92 Å². The number of nitrogens with zero attached hydrogens (tertiary/aromatic N) is 1. The molecule has 0 amide bonds. The number of aliphatic carboxylic acids is 2. The highest BCUT2D eigenvalue weighted by Gasteiger charge is 2.33. The summed E-state index contributed by atoms with van der Waals surface area (Å²) < 4.78 is 0. The number of rotatable bonds is 5. The average Bonchev–Trinajstić information content (AvgIpc) is 3.03. The second-order valence-electron chi connectivity index (χ2n) is 6.71. The largest absolute Gasteiger partial charge is 0.479 e. The van der Waals surface area contributed by atoms with Crippen LogP contribution in [-0.2, 0) is 16.1 Å². The monoisotopic (exact) mass is 420 g/mol. The molecule has 0 aromatic heterocycles. The minimum Gasteiger partial charge on any atom is -0.479 e. The van der Waals surface area contributed by atoms with Crippen LogP contribution < -0.4 is 5.32 Å². The quantitative estimate of drug-likeness (QED) is 0.335. The third-order valence-corrected chi connectivity index (χ3v) is 4.73. The molecule has 4 atom stereocenters. The average molecular weight is 420 g/mol. The molecule has 11 N–H and O–H groups in total. The number of carboxylic acids is 2. The van der Waals surface area contributed by atoms with Gasteiger partial charge in [-0.2, -0.15) is 0 Å². The summed E-state index contributed by atoms with van der Waals surface area (Å²) in [5, 5.41) is 36.2. The molecule has 0 bridgehead atoms. The van der Waals surface area contributed by atoms with E-state index in [9.17, 15) is 9.59 Å². The first-order chi connectivity index (χ1) is 12.4. The van der Waals surface area contributed by atoms with E-state index in [1.54, 1.807) is 0 Å². The van der Waals surface area contributed by atoms with Crippen LogP contribution in [0.4, 0.5) is 0 Å². The zero-order chi connectivity index (χ0) is 19.1. The smallest absolute Gasteiger partial charge is 0.335 e. The van der Waals surface area contributed by atoms with Crippen molar-refractivity contribution in [1.82, 2.24) is 10.2 Å². The van der Waals surface area contributed by atoms with Gasteiger partial charge in [-0.25, -0.2) is 9.59 Å². The lowest BCUT2D eigenvalue weighted by molar-refractivity contribution is -0.165. The van der Waals surface area contributed by atoms with Crippen LogP contribution in [0.1, 0.15) is 18.4 Å². The molecule has 2 fully saturated rings. The fraction of sp³-hybridized carbons (Fsp3) is 0.556. The van der Waals surface area contributed by atoms with E-state index in [-0.39, 0.29) is 16.4 Å². The SMILES string of the molecule is O.O.O.O=C(O)C(O)C(O)C(=O)O.c1ccc(CN2C[C@@H]3CCCN[C@@H]3C2)cc1. The number of hydrogen-bond acceptors (Lipinski definition) is 6. The summed E-state index contributed by atoms with van der Waals surface area (Å²) in [6.07, 6.45) is -1.75. The number of hydrogen-bond donors (Lipinski definition) is 5. The molecule has 2 saturated heterocycles. The van der Waals surface area contributed by atoms with Crippen LogP contribution >= 0.6 is 0 Å².